The summed E-state index contributed by atoms with van der Waals surface area (Å²) in [5, 5.41) is 5.01. The number of hydrogen-bond donors (Lipinski definition) is 1. The van der Waals surface area contributed by atoms with Crippen molar-refractivity contribution >= 4 is 37.9 Å². The van der Waals surface area contributed by atoms with E-state index in [1.54, 1.807) is 18.2 Å². The Kier molecular flexibility index (Phi) is 4.19. The van der Waals surface area contributed by atoms with E-state index in [0.29, 0.717) is 14.7 Å². The number of primary sulfonamides is 1. The van der Waals surface area contributed by atoms with E-state index in [4.69, 9.17) is 5.14 Å². The fourth-order valence-electron chi connectivity index (χ4n) is 1.50. The van der Waals surface area contributed by atoms with Crippen molar-refractivity contribution in [2.24, 2.45) is 5.14 Å². The maximum Gasteiger partial charge on any atom is 0.247 e. The van der Waals surface area contributed by atoms with E-state index < -0.39 is 20.8 Å². The first-order valence-corrected chi connectivity index (χ1v) is 8.96. The molecule has 0 aliphatic carbocycles. The Bertz CT molecular complexity index is 793. The number of benzene rings is 1. The molecule has 0 radical (unpaired) electrons. The number of ketones is 1. The molecule has 1 atom stereocenters. The molecule has 2 N–H and O–H groups in total. The molecule has 20 heavy (non-hydrogen) atoms. The number of nitrogens with two attached hydrogens (primary N) is 1. The van der Waals surface area contributed by atoms with E-state index in [2.05, 4.69) is 0 Å². The summed E-state index contributed by atoms with van der Waals surface area (Å²) in [4.78, 5) is 11.7. The van der Waals surface area contributed by atoms with E-state index >= 15 is 0 Å². The topological polar surface area (TPSA) is 94.3 Å². The van der Waals surface area contributed by atoms with Crippen molar-refractivity contribution in [3.8, 4) is 0 Å². The zero-order valence-corrected chi connectivity index (χ0v) is 12.8. The van der Waals surface area contributed by atoms with Crippen LogP contribution >= 0.6 is 11.3 Å². The zero-order valence-electron chi connectivity index (χ0n) is 10.4. The van der Waals surface area contributed by atoms with Crippen LogP contribution in [0, 0.1) is 0 Å². The molecule has 0 aliphatic rings. The van der Waals surface area contributed by atoms with Gasteiger partial charge < -0.3 is 0 Å². The lowest BCUT2D eigenvalue weighted by atomic mass is 10.2. The fraction of sp³-hybridized carbons (Fsp3) is 0.0833. The third kappa shape index (κ3) is 3.21. The molecule has 1 heterocycles. The summed E-state index contributed by atoms with van der Waals surface area (Å²) in [6, 6.07) is 9.21. The molecule has 0 bridgehead atoms. The number of Topliss-reactive ketones (excluding diaryl/α,β-unsaturated/α-hetero) is 1. The van der Waals surface area contributed by atoms with Gasteiger partial charge in [0.25, 0.3) is 0 Å². The van der Waals surface area contributed by atoms with Crippen molar-refractivity contribution in [3.05, 3.63) is 42.0 Å². The van der Waals surface area contributed by atoms with Crippen LogP contribution in [0.25, 0.3) is 0 Å². The van der Waals surface area contributed by atoms with Gasteiger partial charge in [0.05, 0.1) is 15.0 Å². The first-order valence-electron chi connectivity index (χ1n) is 5.44. The summed E-state index contributed by atoms with van der Waals surface area (Å²) >= 11 is 0.859. The summed E-state index contributed by atoms with van der Waals surface area (Å²) in [6.45, 7) is 1.42. The minimum Gasteiger partial charge on any atom is -0.295 e. The molecule has 0 fully saturated rings. The second-order valence-electron chi connectivity index (χ2n) is 3.97. The average Bonchev–Trinajstić information content (AvgIpc) is 2.87. The number of thiophene rings is 1. The van der Waals surface area contributed by atoms with Gasteiger partial charge in [-0.1, -0.05) is 12.1 Å². The monoisotopic (exact) mass is 329 g/mol. The van der Waals surface area contributed by atoms with Gasteiger partial charge in [-0.05, 0) is 31.2 Å². The van der Waals surface area contributed by atoms with Crippen molar-refractivity contribution < 1.29 is 17.4 Å². The summed E-state index contributed by atoms with van der Waals surface area (Å²) in [7, 11) is -5.33. The van der Waals surface area contributed by atoms with Gasteiger partial charge in [-0.3, -0.25) is 4.79 Å². The third-order valence-corrected chi connectivity index (χ3v) is 6.68. The van der Waals surface area contributed by atoms with Gasteiger partial charge in [0, 0.05) is 10.5 Å². The third-order valence-electron chi connectivity index (χ3n) is 2.47. The summed E-state index contributed by atoms with van der Waals surface area (Å²) < 4.78 is 35.1. The maximum absolute atomic E-state index is 12.3. The van der Waals surface area contributed by atoms with Gasteiger partial charge in [-0.15, -0.1) is 11.3 Å². The number of rotatable bonds is 4. The molecule has 0 aliphatic heterocycles. The van der Waals surface area contributed by atoms with Crippen LogP contribution in [0.4, 0.5) is 0 Å². The highest BCUT2D eigenvalue weighted by Crippen LogP contribution is 2.27. The molecular formula is C12H11NO4S3. The predicted molar refractivity (Wildman–Crippen MR) is 76.8 cm³/mol. The van der Waals surface area contributed by atoms with Crippen molar-refractivity contribution in [1.82, 2.24) is 0 Å². The molecule has 1 unspecified atom stereocenters. The highest BCUT2D eigenvalue weighted by molar-refractivity contribution is 7.92. The summed E-state index contributed by atoms with van der Waals surface area (Å²) in [6.07, 6.45) is 0. The second-order valence-corrected chi connectivity index (χ2v) is 8.55. The quantitative estimate of drug-likeness (QED) is 0.865. The van der Waals surface area contributed by atoms with Crippen molar-refractivity contribution in [3.63, 3.8) is 0 Å². The van der Waals surface area contributed by atoms with Crippen LogP contribution in [0.3, 0.4) is 0 Å². The lowest BCUT2D eigenvalue weighted by molar-refractivity contribution is 0.101. The Morgan fingerprint density at radius 3 is 2.50 bits per heavy atom. The molecule has 5 nitrogen and oxygen atoms in total. The van der Waals surface area contributed by atoms with Crippen molar-refractivity contribution in [2.75, 3.05) is 0 Å². The van der Waals surface area contributed by atoms with Crippen LogP contribution < -0.4 is 5.14 Å². The Balaban J connectivity index is 2.39. The molecule has 1 aromatic heterocycles. The largest absolute Gasteiger partial charge is 0.295 e. The Labute approximate surface area is 122 Å². The number of carbonyl (C=O) groups is 1. The van der Waals surface area contributed by atoms with Gasteiger partial charge >= 0.3 is 0 Å². The molecular weight excluding hydrogens is 318 g/mol. The average molecular weight is 329 g/mol. The Morgan fingerprint density at radius 1 is 1.25 bits per heavy atom. The molecule has 2 aromatic rings. The maximum atomic E-state index is 12.3. The van der Waals surface area contributed by atoms with Crippen LogP contribution in [0.5, 0.6) is 0 Å². The van der Waals surface area contributed by atoms with E-state index in [9.17, 15) is 17.4 Å². The number of hydrogen-bond acceptors (Lipinski definition) is 5. The van der Waals surface area contributed by atoms with E-state index in [1.165, 1.54) is 25.1 Å². The van der Waals surface area contributed by atoms with Gasteiger partial charge in [0.1, 0.15) is 4.21 Å². The lowest BCUT2D eigenvalue weighted by Crippen LogP contribution is -2.09. The van der Waals surface area contributed by atoms with Crippen molar-refractivity contribution in [2.45, 2.75) is 20.2 Å². The smallest absolute Gasteiger partial charge is 0.247 e. The second kappa shape index (κ2) is 5.57. The molecule has 0 saturated heterocycles. The highest BCUT2D eigenvalue weighted by atomic mass is 32.3. The molecule has 2 rings (SSSR count). The molecule has 0 saturated carbocycles. The van der Waals surface area contributed by atoms with Gasteiger partial charge in [0.2, 0.25) is 10.0 Å². The SMILES string of the molecule is CC(=O)c1cccc(S(=O)c2ccc(S(N)(=O)=O)s2)c1. The number of sulfonamides is 1. The summed E-state index contributed by atoms with van der Waals surface area (Å²) in [5.41, 5.74) is 0.457. The van der Waals surface area contributed by atoms with E-state index in [-0.39, 0.29) is 9.99 Å². The molecule has 0 spiro atoms. The highest BCUT2D eigenvalue weighted by Gasteiger charge is 2.16. The standard InChI is InChI=1S/C12H11NO4S3/c1-8(14)9-3-2-4-10(7-9)19(15)11-5-6-12(18-11)20(13,16)17/h2-7H,1H3,(H2,13,16,17). The van der Waals surface area contributed by atoms with Crippen molar-refractivity contribution in [1.29, 1.82) is 0 Å². The van der Waals surface area contributed by atoms with E-state index in [0.717, 1.165) is 11.3 Å². The minimum atomic E-state index is -3.79. The van der Waals surface area contributed by atoms with Crippen LogP contribution in [0.2, 0.25) is 0 Å². The molecule has 8 heteroatoms. The molecule has 106 valence electrons. The first-order chi connectivity index (χ1) is 9.29. The Hall–Kier alpha value is -1.35. The number of carbonyl (C=O) groups excluding carboxylic acids is 1. The molecule has 0 amide bonds. The zero-order chi connectivity index (χ0) is 14.9. The van der Waals surface area contributed by atoms with Crippen LogP contribution in [-0.4, -0.2) is 18.4 Å². The van der Waals surface area contributed by atoms with Gasteiger partial charge in [-0.25, -0.2) is 17.8 Å². The fourth-order valence-corrected chi connectivity index (χ4v) is 4.84. The normalized spacial score (nSPS) is 13.1. The van der Waals surface area contributed by atoms with Crippen LogP contribution in [0.15, 0.2) is 49.7 Å². The first kappa shape index (κ1) is 15.0. The minimum absolute atomic E-state index is 0.0384. The van der Waals surface area contributed by atoms with Gasteiger partial charge in [0.15, 0.2) is 5.78 Å². The van der Waals surface area contributed by atoms with Gasteiger partial charge in [-0.2, -0.15) is 0 Å². The molecule has 1 aromatic carbocycles. The van der Waals surface area contributed by atoms with Crippen LogP contribution in [0.1, 0.15) is 17.3 Å². The van der Waals surface area contributed by atoms with E-state index in [1.807, 2.05) is 0 Å². The Morgan fingerprint density at radius 2 is 1.95 bits per heavy atom. The van der Waals surface area contributed by atoms with Crippen LogP contribution in [-0.2, 0) is 20.8 Å². The lowest BCUT2D eigenvalue weighted by Gasteiger charge is -2.01. The summed E-state index contributed by atoms with van der Waals surface area (Å²) in [5.74, 6) is -0.125. The predicted octanol–water partition coefficient (Wildman–Crippen LogP) is 1.76.